The molecular weight excluding hydrogens is 216 g/mol. The number of benzene rings is 1. The van der Waals surface area contributed by atoms with E-state index in [1.165, 1.54) is 11.1 Å². The van der Waals surface area contributed by atoms with Crippen molar-refractivity contribution in [3.8, 4) is 5.75 Å². The third kappa shape index (κ3) is 2.78. The Bertz CT molecular complexity index is 506. The highest BCUT2D eigenvalue weighted by atomic mass is 16.5. The molecule has 0 amide bonds. The number of methoxy groups -OCH3 is 1. The first kappa shape index (κ1) is 11.5. The molecule has 2 aromatic rings. The molecule has 0 radical (unpaired) electrons. The number of rotatable bonds is 4. The third-order valence-electron chi connectivity index (χ3n) is 2.66. The lowest BCUT2D eigenvalue weighted by Crippen LogP contribution is -1.97. The van der Waals surface area contributed by atoms with Crippen LogP contribution >= 0.6 is 0 Å². The van der Waals surface area contributed by atoms with Crippen LogP contribution in [-0.2, 0) is 12.8 Å². The Morgan fingerprint density at radius 3 is 2.82 bits per heavy atom. The molecule has 2 N–H and O–H groups in total. The van der Waals surface area contributed by atoms with Crippen LogP contribution in [0.4, 0.5) is 6.01 Å². The van der Waals surface area contributed by atoms with Crippen molar-refractivity contribution in [2.45, 2.75) is 19.8 Å². The zero-order chi connectivity index (χ0) is 12.3. The van der Waals surface area contributed by atoms with Gasteiger partial charge in [-0.05, 0) is 31.4 Å². The van der Waals surface area contributed by atoms with Gasteiger partial charge in [0.05, 0.1) is 12.8 Å². The highest BCUT2D eigenvalue weighted by Gasteiger charge is 2.06. The Labute approximate surface area is 100 Å². The molecule has 1 aromatic carbocycles. The summed E-state index contributed by atoms with van der Waals surface area (Å²) in [5, 5.41) is 0. The van der Waals surface area contributed by atoms with E-state index < -0.39 is 0 Å². The summed E-state index contributed by atoms with van der Waals surface area (Å²) in [5.74, 6) is 0.909. The molecule has 2 rings (SSSR count). The molecule has 0 fully saturated rings. The number of nitrogen functional groups attached to an aromatic ring is 1. The number of nitrogens with two attached hydrogens (primary N) is 1. The number of anilines is 1. The van der Waals surface area contributed by atoms with Crippen LogP contribution in [0.1, 0.15) is 16.8 Å². The molecule has 4 nitrogen and oxygen atoms in total. The van der Waals surface area contributed by atoms with Crippen molar-refractivity contribution in [1.82, 2.24) is 4.98 Å². The van der Waals surface area contributed by atoms with E-state index in [1.807, 2.05) is 12.1 Å². The van der Waals surface area contributed by atoms with Crippen LogP contribution in [0.25, 0.3) is 0 Å². The molecule has 0 saturated carbocycles. The minimum atomic E-state index is 0.219. The largest absolute Gasteiger partial charge is 0.496 e. The molecular formula is C13H16N2O2. The zero-order valence-electron chi connectivity index (χ0n) is 10.1. The van der Waals surface area contributed by atoms with Crippen molar-refractivity contribution in [3.63, 3.8) is 0 Å². The van der Waals surface area contributed by atoms with Crippen molar-refractivity contribution < 1.29 is 9.15 Å². The molecule has 90 valence electrons. The lowest BCUT2D eigenvalue weighted by Gasteiger charge is -2.08. The molecule has 0 aliphatic rings. The SMILES string of the molecule is COc1ccc(C)cc1CCc1coc(N)n1. The Balaban J connectivity index is 2.10. The van der Waals surface area contributed by atoms with E-state index >= 15 is 0 Å². The molecule has 0 aliphatic heterocycles. The van der Waals surface area contributed by atoms with Gasteiger partial charge in [0.1, 0.15) is 12.0 Å². The zero-order valence-corrected chi connectivity index (χ0v) is 10.1. The van der Waals surface area contributed by atoms with Gasteiger partial charge in [0.15, 0.2) is 0 Å². The molecule has 0 bridgehead atoms. The van der Waals surface area contributed by atoms with E-state index in [1.54, 1.807) is 13.4 Å². The first-order chi connectivity index (χ1) is 8.19. The van der Waals surface area contributed by atoms with Crippen molar-refractivity contribution in [2.75, 3.05) is 12.8 Å². The Hall–Kier alpha value is -1.97. The van der Waals surface area contributed by atoms with Crippen LogP contribution < -0.4 is 10.5 Å². The van der Waals surface area contributed by atoms with Crippen LogP contribution in [0, 0.1) is 6.92 Å². The van der Waals surface area contributed by atoms with Gasteiger partial charge in [0.25, 0.3) is 6.01 Å². The number of oxazole rings is 1. The molecule has 1 aromatic heterocycles. The maximum Gasteiger partial charge on any atom is 0.292 e. The lowest BCUT2D eigenvalue weighted by atomic mass is 10.0. The minimum absolute atomic E-state index is 0.219. The second-order valence-corrected chi connectivity index (χ2v) is 3.99. The normalized spacial score (nSPS) is 10.5. The highest BCUT2D eigenvalue weighted by molar-refractivity contribution is 5.37. The van der Waals surface area contributed by atoms with E-state index in [-0.39, 0.29) is 6.01 Å². The van der Waals surface area contributed by atoms with Gasteiger partial charge in [-0.25, -0.2) is 0 Å². The molecule has 4 heteroatoms. The van der Waals surface area contributed by atoms with E-state index in [9.17, 15) is 0 Å². The van der Waals surface area contributed by atoms with Crippen molar-refractivity contribution in [1.29, 1.82) is 0 Å². The van der Waals surface area contributed by atoms with Gasteiger partial charge in [-0.15, -0.1) is 0 Å². The summed E-state index contributed by atoms with van der Waals surface area (Å²) in [6.45, 7) is 2.07. The van der Waals surface area contributed by atoms with Gasteiger partial charge in [-0.2, -0.15) is 4.98 Å². The average molecular weight is 232 g/mol. The number of ether oxygens (including phenoxy) is 1. The maximum absolute atomic E-state index is 5.43. The predicted molar refractivity (Wildman–Crippen MR) is 66.1 cm³/mol. The van der Waals surface area contributed by atoms with Crippen LogP contribution in [0.2, 0.25) is 0 Å². The summed E-state index contributed by atoms with van der Waals surface area (Å²) in [7, 11) is 1.68. The topological polar surface area (TPSA) is 61.3 Å². The molecule has 1 heterocycles. The van der Waals surface area contributed by atoms with E-state index in [0.29, 0.717) is 0 Å². The Morgan fingerprint density at radius 1 is 1.35 bits per heavy atom. The fourth-order valence-electron chi connectivity index (χ4n) is 1.80. The molecule has 0 spiro atoms. The summed E-state index contributed by atoms with van der Waals surface area (Å²) >= 11 is 0. The standard InChI is InChI=1S/C13H16N2O2/c1-9-3-6-12(16-2)10(7-9)4-5-11-8-17-13(14)15-11/h3,6-8H,4-5H2,1-2H3,(H2,14,15). The number of aromatic nitrogens is 1. The van der Waals surface area contributed by atoms with E-state index in [2.05, 4.69) is 18.0 Å². The second-order valence-electron chi connectivity index (χ2n) is 3.99. The number of aryl methyl sites for hydroxylation is 3. The highest BCUT2D eigenvalue weighted by Crippen LogP contribution is 2.21. The van der Waals surface area contributed by atoms with E-state index in [0.717, 1.165) is 24.3 Å². The number of nitrogens with zero attached hydrogens (tertiary/aromatic N) is 1. The summed E-state index contributed by atoms with van der Waals surface area (Å²) in [6.07, 6.45) is 3.24. The van der Waals surface area contributed by atoms with Crippen molar-refractivity contribution in [3.05, 3.63) is 41.3 Å². The Kier molecular flexibility index (Phi) is 3.32. The van der Waals surface area contributed by atoms with Gasteiger partial charge in [-0.3, -0.25) is 0 Å². The number of hydrogen-bond donors (Lipinski definition) is 1. The molecule has 0 aliphatic carbocycles. The van der Waals surface area contributed by atoms with Crippen molar-refractivity contribution >= 4 is 6.01 Å². The van der Waals surface area contributed by atoms with Gasteiger partial charge in [0, 0.05) is 0 Å². The predicted octanol–water partition coefficient (Wildman–Crippen LogP) is 2.36. The number of hydrogen-bond acceptors (Lipinski definition) is 4. The molecule has 0 saturated heterocycles. The molecule has 0 atom stereocenters. The van der Waals surface area contributed by atoms with Gasteiger partial charge in [-0.1, -0.05) is 17.7 Å². The van der Waals surface area contributed by atoms with Gasteiger partial charge in [0.2, 0.25) is 0 Å². The summed E-state index contributed by atoms with van der Waals surface area (Å²) in [4.78, 5) is 4.07. The van der Waals surface area contributed by atoms with Crippen LogP contribution in [-0.4, -0.2) is 12.1 Å². The average Bonchev–Trinajstić information content (AvgIpc) is 2.73. The first-order valence-corrected chi connectivity index (χ1v) is 5.52. The smallest absolute Gasteiger partial charge is 0.292 e. The Morgan fingerprint density at radius 2 is 2.18 bits per heavy atom. The second kappa shape index (κ2) is 4.91. The first-order valence-electron chi connectivity index (χ1n) is 5.52. The maximum atomic E-state index is 5.43. The minimum Gasteiger partial charge on any atom is -0.496 e. The van der Waals surface area contributed by atoms with E-state index in [4.69, 9.17) is 14.9 Å². The van der Waals surface area contributed by atoms with Crippen LogP contribution in [0.3, 0.4) is 0 Å². The van der Waals surface area contributed by atoms with Gasteiger partial charge >= 0.3 is 0 Å². The van der Waals surface area contributed by atoms with Crippen molar-refractivity contribution in [2.24, 2.45) is 0 Å². The third-order valence-corrected chi connectivity index (χ3v) is 2.66. The summed E-state index contributed by atoms with van der Waals surface area (Å²) in [5.41, 5.74) is 8.69. The fourth-order valence-corrected chi connectivity index (χ4v) is 1.80. The molecule has 0 unspecified atom stereocenters. The van der Waals surface area contributed by atoms with Crippen LogP contribution in [0.15, 0.2) is 28.9 Å². The fraction of sp³-hybridized carbons (Fsp3) is 0.308. The summed E-state index contributed by atoms with van der Waals surface area (Å²) < 4.78 is 10.3. The van der Waals surface area contributed by atoms with Crippen LogP contribution in [0.5, 0.6) is 5.75 Å². The lowest BCUT2D eigenvalue weighted by molar-refractivity contribution is 0.409. The summed E-state index contributed by atoms with van der Waals surface area (Å²) in [6, 6.07) is 6.37. The molecule has 17 heavy (non-hydrogen) atoms. The van der Waals surface area contributed by atoms with Gasteiger partial charge < -0.3 is 14.9 Å². The quantitative estimate of drug-likeness (QED) is 0.879. The monoisotopic (exact) mass is 232 g/mol.